The molecule has 0 saturated heterocycles. The summed E-state index contributed by atoms with van der Waals surface area (Å²) < 4.78 is 37.9. The molecule has 5 nitrogen and oxygen atoms in total. The minimum absolute atomic E-state index is 0.104. The van der Waals surface area contributed by atoms with Gasteiger partial charge < -0.3 is 4.98 Å². The highest BCUT2D eigenvalue weighted by Gasteiger charge is 2.30. The van der Waals surface area contributed by atoms with Gasteiger partial charge in [-0.1, -0.05) is 36.0 Å². The van der Waals surface area contributed by atoms with Gasteiger partial charge in [-0.2, -0.15) is 18.4 Å². The summed E-state index contributed by atoms with van der Waals surface area (Å²) in [6, 6.07) is 10.7. The molecule has 3 rings (SSSR count). The van der Waals surface area contributed by atoms with E-state index in [1.807, 2.05) is 6.07 Å². The Morgan fingerprint density at radius 1 is 1.11 bits per heavy atom. The number of alkyl halides is 3. The first kappa shape index (κ1) is 18.7. The number of rotatable bonds is 3. The maximum absolute atomic E-state index is 12.6. The third kappa shape index (κ3) is 3.85. The molecule has 136 valence electrons. The van der Waals surface area contributed by atoms with Crippen molar-refractivity contribution in [1.29, 1.82) is 5.26 Å². The van der Waals surface area contributed by atoms with E-state index in [0.29, 0.717) is 22.0 Å². The van der Waals surface area contributed by atoms with Crippen LogP contribution in [0, 0.1) is 11.3 Å². The number of aromatic nitrogens is 3. The van der Waals surface area contributed by atoms with Crippen molar-refractivity contribution in [3.63, 3.8) is 0 Å². The minimum atomic E-state index is -4.44. The Hall–Kier alpha value is -3.12. The van der Waals surface area contributed by atoms with Gasteiger partial charge in [-0.3, -0.25) is 9.78 Å². The van der Waals surface area contributed by atoms with Gasteiger partial charge in [0.1, 0.15) is 11.6 Å². The number of thioether (sulfide) groups is 1. The van der Waals surface area contributed by atoms with Crippen molar-refractivity contribution in [2.45, 2.75) is 11.3 Å². The number of hydrogen-bond donors (Lipinski definition) is 1. The average Bonchev–Trinajstić information content (AvgIpc) is 2.67. The van der Waals surface area contributed by atoms with Crippen molar-refractivity contribution in [2.24, 2.45) is 0 Å². The fraction of sp³-hybridized carbons (Fsp3) is 0.111. The summed E-state index contributed by atoms with van der Waals surface area (Å²) in [5.74, 6) is 0. The zero-order valence-electron chi connectivity index (χ0n) is 13.8. The van der Waals surface area contributed by atoms with Crippen molar-refractivity contribution in [1.82, 2.24) is 15.0 Å². The zero-order chi connectivity index (χ0) is 19.6. The molecule has 1 aromatic carbocycles. The molecule has 3 aromatic rings. The van der Waals surface area contributed by atoms with E-state index in [1.165, 1.54) is 17.8 Å². The summed E-state index contributed by atoms with van der Waals surface area (Å²) in [7, 11) is 0. The van der Waals surface area contributed by atoms with E-state index in [4.69, 9.17) is 0 Å². The average molecular weight is 388 g/mol. The predicted octanol–water partition coefficient (Wildman–Crippen LogP) is 4.11. The monoisotopic (exact) mass is 388 g/mol. The Morgan fingerprint density at radius 2 is 1.78 bits per heavy atom. The van der Waals surface area contributed by atoms with Crippen LogP contribution in [0.15, 0.2) is 52.5 Å². The van der Waals surface area contributed by atoms with Crippen molar-refractivity contribution in [3.8, 4) is 28.6 Å². The number of hydrogen-bond acceptors (Lipinski definition) is 5. The molecule has 0 fully saturated rings. The maximum Gasteiger partial charge on any atom is 0.417 e. The van der Waals surface area contributed by atoms with Crippen molar-refractivity contribution in [3.05, 3.63) is 64.1 Å². The van der Waals surface area contributed by atoms with E-state index in [-0.39, 0.29) is 11.3 Å². The molecule has 2 aromatic heterocycles. The van der Waals surface area contributed by atoms with Crippen LogP contribution in [-0.2, 0) is 6.18 Å². The number of benzene rings is 1. The van der Waals surface area contributed by atoms with Crippen LogP contribution >= 0.6 is 11.8 Å². The van der Waals surface area contributed by atoms with Gasteiger partial charge in [-0.25, -0.2) is 4.98 Å². The molecule has 0 atom stereocenters. The summed E-state index contributed by atoms with van der Waals surface area (Å²) in [4.78, 5) is 22.6. The molecule has 0 aliphatic heterocycles. The maximum atomic E-state index is 12.6. The van der Waals surface area contributed by atoms with Crippen LogP contribution in [0.3, 0.4) is 0 Å². The van der Waals surface area contributed by atoms with E-state index >= 15 is 0 Å². The van der Waals surface area contributed by atoms with Crippen LogP contribution in [0.25, 0.3) is 22.5 Å². The Bertz CT molecular complexity index is 1070. The number of nitriles is 1. The standard InChI is InChI=1S/C18H11F3N4OS/c1-27-17-24-15(13(8-22)16(26)25-17)11-4-2-10(3-5-11)14-7-6-12(9-23-14)18(19,20)21/h2-7,9H,1H3,(H,24,25,26). The van der Waals surface area contributed by atoms with Crippen LogP contribution in [-0.4, -0.2) is 21.2 Å². The van der Waals surface area contributed by atoms with Crippen LogP contribution in [0.2, 0.25) is 0 Å². The molecule has 0 amide bonds. The molecule has 27 heavy (non-hydrogen) atoms. The lowest BCUT2D eigenvalue weighted by Gasteiger charge is -2.08. The summed E-state index contributed by atoms with van der Waals surface area (Å²) >= 11 is 1.24. The number of aromatic amines is 1. The highest BCUT2D eigenvalue weighted by atomic mass is 32.2. The number of pyridine rings is 1. The van der Waals surface area contributed by atoms with Gasteiger partial charge in [0.05, 0.1) is 17.0 Å². The van der Waals surface area contributed by atoms with E-state index in [9.17, 15) is 23.2 Å². The summed E-state index contributed by atoms with van der Waals surface area (Å²) in [6.07, 6.45) is -1.92. The zero-order valence-corrected chi connectivity index (χ0v) is 14.6. The third-order valence-corrected chi connectivity index (χ3v) is 4.33. The van der Waals surface area contributed by atoms with Gasteiger partial charge in [0.15, 0.2) is 5.16 Å². The number of nitrogens with one attached hydrogen (secondary N) is 1. The lowest BCUT2D eigenvalue weighted by Crippen LogP contribution is -2.14. The summed E-state index contributed by atoms with van der Waals surface area (Å²) in [5, 5.41) is 9.61. The second kappa shape index (κ2) is 7.25. The molecule has 2 heterocycles. The van der Waals surface area contributed by atoms with Gasteiger partial charge >= 0.3 is 6.18 Å². The van der Waals surface area contributed by atoms with Crippen LogP contribution in [0.5, 0.6) is 0 Å². The number of H-pyrrole nitrogens is 1. The van der Waals surface area contributed by atoms with Crippen LogP contribution in [0.4, 0.5) is 13.2 Å². The molecule has 0 radical (unpaired) electrons. The largest absolute Gasteiger partial charge is 0.417 e. The summed E-state index contributed by atoms with van der Waals surface area (Å²) in [5.41, 5.74) is 0.313. The quantitative estimate of drug-likeness (QED) is 0.539. The van der Waals surface area contributed by atoms with E-state index in [1.54, 1.807) is 30.5 Å². The highest BCUT2D eigenvalue weighted by Crippen LogP contribution is 2.30. The van der Waals surface area contributed by atoms with E-state index < -0.39 is 17.3 Å². The molecule has 0 saturated carbocycles. The Labute approximate surface area is 155 Å². The lowest BCUT2D eigenvalue weighted by atomic mass is 10.0. The SMILES string of the molecule is CSc1nc(-c2ccc(-c3ccc(C(F)(F)F)cn3)cc2)c(C#N)c(=O)[nH]1. The molecule has 1 N–H and O–H groups in total. The second-order valence-electron chi connectivity index (χ2n) is 5.42. The molecular weight excluding hydrogens is 377 g/mol. The Kier molecular flexibility index (Phi) is 5.01. The van der Waals surface area contributed by atoms with Crippen LogP contribution < -0.4 is 5.56 Å². The van der Waals surface area contributed by atoms with Gasteiger partial charge in [0.25, 0.3) is 5.56 Å². The molecule has 0 aliphatic rings. The first-order valence-corrected chi connectivity index (χ1v) is 8.78. The van der Waals surface area contributed by atoms with Crippen molar-refractivity contribution < 1.29 is 13.2 Å². The first-order chi connectivity index (χ1) is 12.8. The molecule has 0 spiro atoms. The number of halogens is 3. The molecule has 0 unspecified atom stereocenters. The van der Waals surface area contributed by atoms with E-state index in [0.717, 1.165) is 12.3 Å². The molecule has 0 aliphatic carbocycles. The number of nitrogens with zero attached hydrogens (tertiary/aromatic N) is 3. The van der Waals surface area contributed by atoms with Gasteiger partial charge in [0.2, 0.25) is 0 Å². The predicted molar refractivity (Wildman–Crippen MR) is 95.0 cm³/mol. The molecule has 0 bridgehead atoms. The Balaban J connectivity index is 1.98. The topological polar surface area (TPSA) is 82.4 Å². The van der Waals surface area contributed by atoms with Gasteiger partial charge in [-0.05, 0) is 18.4 Å². The summed E-state index contributed by atoms with van der Waals surface area (Å²) in [6.45, 7) is 0. The second-order valence-corrected chi connectivity index (χ2v) is 6.21. The fourth-order valence-electron chi connectivity index (χ4n) is 2.39. The van der Waals surface area contributed by atoms with E-state index in [2.05, 4.69) is 15.0 Å². The lowest BCUT2D eigenvalue weighted by molar-refractivity contribution is -0.137. The third-order valence-electron chi connectivity index (χ3n) is 3.75. The van der Waals surface area contributed by atoms with Crippen molar-refractivity contribution >= 4 is 11.8 Å². The van der Waals surface area contributed by atoms with Gasteiger partial charge in [0, 0.05) is 17.3 Å². The van der Waals surface area contributed by atoms with Gasteiger partial charge in [-0.15, -0.1) is 0 Å². The molecular formula is C18H11F3N4OS. The fourth-order valence-corrected chi connectivity index (χ4v) is 2.77. The minimum Gasteiger partial charge on any atom is -0.300 e. The first-order valence-electron chi connectivity index (χ1n) is 7.56. The Morgan fingerprint density at radius 3 is 2.30 bits per heavy atom. The smallest absolute Gasteiger partial charge is 0.300 e. The normalized spacial score (nSPS) is 11.2. The highest BCUT2D eigenvalue weighted by molar-refractivity contribution is 7.98. The van der Waals surface area contributed by atoms with Crippen LogP contribution in [0.1, 0.15) is 11.1 Å². The van der Waals surface area contributed by atoms with Crippen molar-refractivity contribution in [2.75, 3.05) is 6.26 Å². The molecule has 9 heteroatoms.